The third kappa shape index (κ3) is 3.28. The number of piperidine rings is 2. The monoisotopic (exact) mass is 423 g/mol. The molecule has 7 heteroatoms. The molecule has 1 saturated carbocycles. The Labute approximate surface area is 181 Å². The number of rotatable bonds is 4. The van der Waals surface area contributed by atoms with Gasteiger partial charge in [0.25, 0.3) is 0 Å². The fourth-order valence-corrected chi connectivity index (χ4v) is 7.98. The summed E-state index contributed by atoms with van der Waals surface area (Å²) < 4.78 is 17.4. The quantitative estimate of drug-likeness (QED) is 0.605. The Hall–Kier alpha value is -0.280. The Bertz CT molecular complexity index is 623. The summed E-state index contributed by atoms with van der Waals surface area (Å²) >= 11 is 0. The third-order valence-electron chi connectivity index (χ3n) is 9.62. The predicted molar refractivity (Wildman–Crippen MR) is 114 cm³/mol. The Morgan fingerprint density at radius 3 is 2.60 bits per heavy atom. The molecule has 7 nitrogen and oxygen atoms in total. The molecule has 4 heterocycles. The SMILES string of the molecule is CC[C@@]1(O)COCC2CN3CC4C(CN)C5CC(OC)C(OC)CC5NC4C3CC21. The molecule has 30 heavy (non-hydrogen) atoms. The number of fused-ring (bicyclic) bond motifs is 5. The van der Waals surface area contributed by atoms with Gasteiger partial charge >= 0.3 is 0 Å². The van der Waals surface area contributed by atoms with Crippen molar-refractivity contribution in [2.24, 2.45) is 35.3 Å². The van der Waals surface area contributed by atoms with Crippen LogP contribution in [0.4, 0.5) is 0 Å². The van der Waals surface area contributed by atoms with Crippen LogP contribution in [-0.2, 0) is 14.2 Å². The van der Waals surface area contributed by atoms with Crippen molar-refractivity contribution in [3.05, 3.63) is 0 Å². The molecule has 4 aliphatic heterocycles. The molecule has 11 atom stereocenters. The minimum absolute atomic E-state index is 0.146. The number of hydrogen-bond donors (Lipinski definition) is 3. The minimum atomic E-state index is -0.671. The standard InChI is InChI=1S/C23H41N3O4/c1-4-23(27)12-30-11-13-9-26-10-16-15(8-24)14-5-20(28-2)21(29-3)7-18(14)25-22(16)19(26)6-17(13)23/h13-22,25,27H,4-12,24H2,1-3H3/t13?,14?,15?,16?,17?,18?,19?,20?,21?,22?,23-/m1/s1. The topological polar surface area (TPSA) is 89.2 Å². The normalized spacial score (nSPS) is 53.5. The molecule has 0 amide bonds. The van der Waals surface area contributed by atoms with Gasteiger partial charge < -0.3 is 30.4 Å². The van der Waals surface area contributed by atoms with Crippen molar-refractivity contribution in [3.63, 3.8) is 0 Å². The van der Waals surface area contributed by atoms with E-state index in [4.69, 9.17) is 19.9 Å². The second kappa shape index (κ2) is 8.25. The maximum atomic E-state index is 11.3. The zero-order chi connectivity index (χ0) is 21.0. The molecule has 1 aliphatic carbocycles. The molecule has 0 aromatic carbocycles. The van der Waals surface area contributed by atoms with E-state index in [2.05, 4.69) is 17.1 Å². The van der Waals surface area contributed by atoms with Gasteiger partial charge in [-0.25, -0.2) is 0 Å². The summed E-state index contributed by atoms with van der Waals surface area (Å²) in [5.74, 6) is 2.42. The lowest BCUT2D eigenvalue weighted by Gasteiger charge is -2.53. The molecular formula is C23H41N3O4. The predicted octanol–water partition coefficient (Wildman–Crippen LogP) is 0.450. The van der Waals surface area contributed by atoms with Gasteiger partial charge in [0.2, 0.25) is 0 Å². The summed E-state index contributed by atoms with van der Waals surface area (Å²) in [4.78, 5) is 2.69. The van der Waals surface area contributed by atoms with Crippen molar-refractivity contribution in [2.75, 3.05) is 47.1 Å². The highest BCUT2D eigenvalue weighted by atomic mass is 16.5. The van der Waals surface area contributed by atoms with Gasteiger partial charge in [0, 0.05) is 51.4 Å². The van der Waals surface area contributed by atoms with Crippen LogP contribution in [0.5, 0.6) is 0 Å². The molecule has 10 unspecified atom stereocenters. The van der Waals surface area contributed by atoms with Gasteiger partial charge in [0.1, 0.15) is 0 Å². The van der Waals surface area contributed by atoms with Gasteiger partial charge in [-0.2, -0.15) is 0 Å². The molecule has 4 N–H and O–H groups in total. The van der Waals surface area contributed by atoms with Gasteiger partial charge in [-0.1, -0.05) is 6.92 Å². The van der Waals surface area contributed by atoms with Crippen LogP contribution in [0, 0.1) is 29.6 Å². The van der Waals surface area contributed by atoms with Crippen molar-refractivity contribution in [2.45, 2.75) is 68.5 Å². The largest absolute Gasteiger partial charge is 0.387 e. The fraction of sp³-hybridized carbons (Fsp3) is 1.00. The van der Waals surface area contributed by atoms with Crippen LogP contribution in [0.2, 0.25) is 0 Å². The molecule has 0 radical (unpaired) electrons. The first-order valence-corrected chi connectivity index (χ1v) is 12.1. The van der Waals surface area contributed by atoms with E-state index in [1.165, 1.54) is 0 Å². The summed E-state index contributed by atoms with van der Waals surface area (Å²) in [6.45, 7) is 6.28. The van der Waals surface area contributed by atoms with Crippen molar-refractivity contribution in [1.29, 1.82) is 0 Å². The summed E-state index contributed by atoms with van der Waals surface area (Å²) in [5, 5.41) is 15.4. The first-order chi connectivity index (χ1) is 14.5. The Morgan fingerprint density at radius 1 is 1.13 bits per heavy atom. The molecular weight excluding hydrogens is 382 g/mol. The summed E-state index contributed by atoms with van der Waals surface area (Å²) in [6, 6.07) is 1.39. The van der Waals surface area contributed by atoms with E-state index >= 15 is 0 Å². The lowest BCUT2D eigenvalue weighted by Crippen LogP contribution is -2.65. The van der Waals surface area contributed by atoms with Gasteiger partial charge in [-0.3, -0.25) is 4.90 Å². The highest BCUT2D eigenvalue weighted by Gasteiger charge is 2.58. The summed E-state index contributed by atoms with van der Waals surface area (Å²) in [7, 11) is 3.61. The van der Waals surface area contributed by atoms with Crippen LogP contribution in [0.3, 0.4) is 0 Å². The second-order valence-corrected chi connectivity index (χ2v) is 10.6. The van der Waals surface area contributed by atoms with Gasteiger partial charge in [-0.05, 0) is 55.9 Å². The van der Waals surface area contributed by atoms with Gasteiger partial charge in [0.05, 0.1) is 31.0 Å². The van der Waals surface area contributed by atoms with E-state index in [1.54, 1.807) is 7.11 Å². The van der Waals surface area contributed by atoms with E-state index in [-0.39, 0.29) is 12.2 Å². The fourth-order valence-electron chi connectivity index (χ4n) is 7.98. The number of nitrogens with two attached hydrogens (primary N) is 1. The molecule has 4 saturated heterocycles. The Kier molecular flexibility index (Phi) is 5.93. The number of aliphatic hydroxyl groups is 1. The van der Waals surface area contributed by atoms with E-state index in [0.29, 0.717) is 54.3 Å². The molecule has 172 valence electrons. The van der Waals surface area contributed by atoms with E-state index in [0.717, 1.165) is 51.9 Å². The Morgan fingerprint density at radius 2 is 1.90 bits per heavy atom. The van der Waals surface area contributed by atoms with Crippen LogP contribution in [-0.4, -0.2) is 93.0 Å². The van der Waals surface area contributed by atoms with Crippen molar-refractivity contribution < 1.29 is 19.3 Å². The van der Waals surface area contributed by atoms with Crippen molar-refractivity contribution in [3.8, 4) is 0 Å². The maximum absolute atomic E-state index is 11.3. The zero-order valence-electron chi connectivity index (χ0n) is 18.8. The molecule has 5 fully saturated rings. The number of ether oxygens (including phenoxy) is 3. The Balaban J connectivity index is 1.39. The highest BCUT2D eigenvalue weighted by Crippen LogP contribution is 2.50. The van der Waals surface area contributed by atoms with Crippen LogP contribution >= 0.6 is 0 Å². The highest BCUT2D eigenvalue weighted by molar-refractivity contribution is 5.13. The van der Waals surface area contributed by atoms with Crippen molar-refractivity contribution >= 4 is 0 Å². The average molecular weight is 424 g/mol. The lowest BCUT2D eigenvalue weighted by atomic mass is 9.63. The third-order valence-corrected chi connectivity index (χ3v) is 9.62. The van der Waals surface area contributed by atoms with Gasteiger partial charge in [-0.15, -0.1) is 0 Å². The molecule has 0 spiro atoms. The molecule has 5 rings (SSSR count). The summed E-state index contributed by atoms with van der Waals surface area (Å²) in [6.07, 6.45) is 4.16. The van der Waals surface area contributed by atoms with E-state index in [1.807, 2.05) is 7.11 Å². The lowest BCUT2D eigenvalue weighted by molar-refractivity contribution is -0.177. The first-order valence-electron chi connectivity index (χ1n) is 12.1. The van der Waals surface area contributed by atoms with Crippen LogP contribution in [0.25, 0.3) is 0 Å². The molecule has 0 aromatic heterocycles. The van der Waals surface area contributed by atoms with Crippen molar-refractivity contribution in [1.82, 2.24) is 10.2 Å². The molecule has 0 bridgehead atoms. The van der Waals surface area contributed by atoms with E-state index in [9.17, 15) is 5.11 Å². The number of nitrogens with one attached hydrogen (secondary N) is 1. The molecule has 5 aliphatic rings. The number of hydrogen-bond acceptors (Lipinski definition) is 7. The zero-order valence-corrected chi connectivity index (χ0v) is 18.8. The maximum Gasteiger partial charge on any atom is 0.0910 e. The number of methoxy groups -OCH3 is 2. The van der Waals surface area contributed by atoms with Crippen LogP contribution in [0.15, 0.2) is 0 Å². The summed E-state index contributed by atoms with van der Waals surface area (Å²) in [5.41, 5.74) is 5.74. The van der Waals surface area contributed by atoms with E-state index < -0.39 is 5.60 Å². The second-order valence-electron chi connectivity index (χ2n) is 10.6. The van der Waals surface area contributed by atoms with Crippen LogP contribution in [0.1, 0.15) is 32.6 Å². The van der Waals surface area contributed by atoms with Crippen LogP contribution < -0.4 is 11.1 Å². The smallest absolute Gasteiger partial charge is 0.0910 e. The minimum Gasteiger partial charge on any atom is -0.387 e. The number of nitrogens with zero attached hydrogens (tertiary/aromatic N) is 1. The van der Waals surface area contributed by atoms with Gasteiger partial charge in [0.15, 0.2) is 0 Å². The molecule has 0 aromatic rings. The average Bonchev–Trinajstić information content (AvgIpc) is 3.12. The first kappa shape index (κ1) is 21.6.